The van der Waals surface area contributed by atoms with E-state index >= 15 is 0 Å². The molecule has 0 saturated carbocycles. The summed E-state index contributed by atoms with van der Waals surface area (Å²) in [5, 5.41) is -0.482. The number of halogens is 1. The third-order valence-corrected chi connectivity index (χ3v) is 2.21. The van der Waals surface area contributed by atoms with Crippen LogP contribution in [0, 0.1) is 0 Å². The van der Waals surface area contributed by atoms with Crippen molar-refractivity contribution in [2.45, 2.75) is 26.4 Å². The molecule has 0 aliphatic carbocycles. The molecule has 2 nitrogen and oxygen atoms in total. The first-order chi connectivity index (χ1) is 6.65. The molecule has 0 saturated heterocycles. The smallest absolute Gasteiger partial charge is 0.256 e. The predicted octanol–water partition coefficient (Wildman–Crippen LogP) is 3.24. The van der Waals surface area contributed by atoms with Crippen LogP contribution in [-0.4, -0.2) is 11.3 Å². The zero-order valence-electron chi connectivity index (χ0n) is 8.29. The van der Waals surface area contributed by atoms with Crippen molar-refractivity contribution in [1.29, 1.82) is 0 Å². The summed E-state index contributed by atoms with van der Waals surface area (Å²) < 4.78 is 5.55. The van der Waals surface area contributed by atoms with Crippen molar-refractivity contribution in [2.24, 2.45) is 0 Å². The summed E-state index contributed by atoms with van der Waals surface area (Å²) in [5.74, 6) is 0.557. The van der Waals surface area contributed by atoms with Gasteiger partial charge in [-0.05, 0) is 37.1 Å². The van der Waals surface area contributed by atoms with E-state index in [0.29, 0.717) is 11.3 Å². The lowest BCUT2D eigenvalue weighted by molar-refractivity contribution is 0.107. The molecule has 0 aliphatic rings. The number of carbonyl (C=O) groups excluding carboxylic acids is 1. The number of hydrogen-bond donors (Lipinski definition) is 0. The molecule has 1 atom stereocenters. The Bertz CT molecular complexity index is 323. The fourth-order valence-corrected chi connectivity index (χ4v) is 1.19. The summed E-state index contributed by atoms with van der Waals surface area (Å²) in [6.45, 7) is 3.98. The largest absolute Gasteiger partial charge is 0.490 e. The minimum atomic E-state index is -0.482. The average Bonchev–Trinajstić information content (AvgIpc) is 2.18. The molecule has 0 bridgehead atoms. The van der Waals surface area contributed by atoms with Gasteiger partial charge in [-0.3, -0.25) is 4.79 Å². The molecule has 0 fully saturated rings. The number of benzene rings is 1. The van der Waals surface area contributed by atoms with Gasteiger partial charge in [0.15, 0.2) is 0 Å². The van der Waals surface area contributed by atoms with Crippen LogP contribution in [0.2, 0.25) is 0 Å². The van der Waals surface area contributed by atoms with E-state index in [-0.39, 0.29) is 6.10 Å². The first kappa shape index (κ1) is 11.1. The van der Waals surface area contributed by atoms with Crippen molar-refractivity contribution in [2.75, 3.05) is 0 Å². The topological polar surface area (TPSA) is 26.3 Å². The maximum atomic E-state index is 11.0. The molecule has 0 spiro atoms. The standard InChI is InChI=1S/C11H13ClO2/c1-3-8(2)14-10-7-5-4-6-9(10)11(12)13/h4-8H,3H2,1-2H3. The van der Waals surface area contributed by atoms with Crippen molar-refractivity contribution in [3.8, 4) is 5.75 Å². The molecule has 1 unspecified atom stereocenters. The highest BCUT2D eigenvalue weighted by atomic mass is 35.5. The average molecular weight is 213 g/mol. The molecule has 76 valence electrons. The van der Waals surface area contributed by atoms with E-state index in [4.69, 9.17) is 16.3 Å². The number of carbonyl (C=O) groups is 1. The zero-order valence-corrected chi connectivity index (χ0v) is 9.04. The number of para-hydroxylation sites is 1. The number of ether oxygens (including phenoxy) is 1. The van der Waals surface area contributed by atoms with Gasteiger partial charge >= 0.3 is 0 Å². The summed E-state index contributed by atoms with van der Waals surface area (Å²) in [6, 6.07) is 6.99. The van der Waals surface area contributed by atoms with Crippen molar-refractivity contribution in [1.82, 2.24) is 0 Å². The van der Waals surface area contributed by atoms with E-state index in [1.54, 1.807) is 18.2 Å². The Morgan fingerprint density at radius 1 is 1.50 bits per heavy atom. The normalized spacial score (nSPS) is 12.2. The fraction of sp³-hybridized carbons (Fsp3) is 0.364. The van der Waals surface area contributed by atoms with Crippen LogP contribution in [0.1, 0.15) is 30.6 Å². The van der Waals surface area contributed by atoms with Crippen LogP contribution < -0.4 is 4.74 Å². The molecule has 1 aromatic carbocycles. The summed E-state index contributed by atoms with van der Waals surface area (Å²) in [5.41, 5.74) is 0.425. The molecule has 0 aliphatic heterocycles. The van der Waals surface area contributed by atoms with Gasteiger partial charge in [-0.25, -0.2) is 0 Å². The lowest BCUT2D eigenvalue weighted by atomic mass is 10.2. The Hall–Kier alpha value is -1.02. The Balaban J connectivity index is 2.90. The second-order valence-corrected chi connectivity index (χ2v) is 3.45. The van der Waals surface area contributed by atoms with Crippen LogP contribution in [-0.2, 0) is 0 Å². The van der Waals surface area contributed by atoms with E-state index in [2.05, 4.69) is 0 Å². The highest BCUT2D eigenvalue weighted by Gasteiger charge is 2.10. The molecule has 14 heavy (non-hydrogen) atoms. The molecule has 3 heteroatoms. The molecule has 0 heterocycles. The van der Waals surface area contributed by atoms with Crippen LogP contribution in [0.5, 0.6) is 5.75 Å². The molecular formula is C11H13ClO2. The molecule has 1 rings (SSSR count). The van der Waals surface area contributed by atoms with E-state index < -0.39 is 5.24 Å². The minimum absolute atomic E-state index is 0.0900. The van der Waals surface area contributed by atoms with Gasteiger partial charge in [0.05, 0.1) is 11.7 Å². The third-order valence-electron chi connectivity index (χ3n) is 2.00. The van der Waals surface area contributed by atoms with Crippen molar-refractivity contribution < 1.29 is 9.53 Å². The van der Waals surface area contributed by atoms with Gasteiger partial charge in [0.2, 0.25) is 0 Å². The van der Waals surface area contributed by atoms with Crippen molar-refractivity contribution in [3.63, 3.8) is 0 Å². The minimum Gasteiger partial charge on any atom is -0.490 e. The summed E-state index contributed by atoms with van der Waals surface area (Å²) in [7, 11) is 0. The second-order valence-electron chi connectivity index (χ2n) is 3.11. The maximum absolute atomic E-state index is 11.0. The Kier molecular flexibility index (Phi) is 3.96. The summed E-state index contributed by atoms with van der Waals surface area (Å²) in [6.07, 6.45) is 0.984. The lowest BCUT2D eigenvalue weighted by Gasteiger charge is -2.14. The number of hydrogen-bond acceptors (Lipinski definition) is 2. The van der Waals surface area contributed by atoms with Gasteiger partial charge in [-0.1, -0.05) is 19.1 Å². The van der Waals surface area contributed by atoms with Crippen molar-refractivity contribution >= 4 is 16.8 Å². The second kappa shape index (κ2) is 5.01. The molecular weight excluding hydrogens is 200 g/mol. The first-order valence-electron chi connectivity index (χ1n) is 4.60. The van der Waals surface area contributed by atoms with E-state index in [1.165, 1.54) is 0 Å². The monoisotopic (exact) mass is 212 g/mol. The summed E-state index contributed by atoms with van der Waals surface area (Å²) in [4.78, 5) is 11.0. The van der Waals surface area contributed by atoms with Gasteiger partial charge in [0.1, 0.15) is 5.75 Å². The molecule has 0 radical (unpaired) electrons. The van der Waals surface area contributed by atoms with Crippen molar-refractivity contribution in [3.05, 3.63) is 29.8 Å². The van der Waals surface area contributed by atoms with Gasteiger partial charge in [-0.15, -0.1) is 0 Å². The molecule has 1 aromatic rings. The van der Waals surface area contributed by atoms with Crippen LogP contribution in [0.15, 0.2) is 24.3 Å². The van der Waals surface area contributed by atoms with E-state index in [9.17, 15) is 4.79 Å². The molecule has 0 aromatic heterocycles. The molecule has 0 N–H and O–H groups in total. The highest BCUT2D eigenvalue weighted by molar-refractivity contribution is 6.68. The Morgan fingerprint density at radius 3 is 2.71 bits per heavy atom. The van der Waals surface area contributed by atoms with Crippen LogP contribution in [0.3, 0.4) is 0 Å². The zero-order chi connectivity index (χ0) is 10.6. The van der Waals surface area contributed by atoms with Gasteiger partial charge in [0, 0.05) is 0 Å². The Labute approximate surface area is 88.8 Å². The third kappa shape index (κ3) is 2.74. The van der Waals surface area contributed by atoms with Gasteiger partial charge in [0.25, 0.3) is 5.24 Å². The molecule has 0 amide bonds. The Morgan fingerprint density at radius 2 is 2.14 bits per heavy atom. The van der Waals surface area contributed by atoms with Gasteiger partial charge in [-0.2, -0.15) is 0 Å². The summed E-state index contributed by atoms with van der Waals surface area (Å²) >= 11 is 5.42. The van der Waals surface area contributed by atoms with Gasteiger partial charge < -0.3 is 4.74 Å². The van der Waals surface area contributed by atoms with Crippen LogP contribution >= 0.6 is 11.6 Å². The highest BCUT2D eigenvalue weighted by Crippen LogP contribution is 2.21. The first-order valence-corrected chi connectivity index (χ1v) is 4.98. The van der Waals surface area contributed by atoms with Crippen LogP contribution in [0.25, 0.3) is 0 Å². The quantitative estimate of drug-likeness (QED) is 0.717. The van der Waals surface area contributed by atoms with Crippen LogP contribution in [0.4, 0.5) is 0 Å². The van der Waals surface area contributed by atoms with E-state index in [1.807, 2.05) is 19.9 Å². The predicted molar refractivity (Wildman–Crippen MR) is 57.0 cm³/mol. The SMILES string of the molecule is CCC(C)Oc1ccccc1C(=O)Cl. The lowest BCUT2D eigenvalue weighted by Crippen LogP contribution is -2.11. The number of rotatable bonds is 4. The van der Waals surface area contributed by atoms with E-state index in [0.717, 1.165) is 6.42 Å². The fourth-order valence-electron chi connectivity index (χ4n) is 1.03. The maximum Gasteiger partial charge on any atom is 0.256 e.